The van der Waals surface area contributed by atoms with E-state index >= 15 is 0 Å². The van der Waals surface area contributed by atoms with Gasteiger partial charge in [0.1, 0.15) is 0 Å². The van der Waals surface area contributed by atoms with Gasteiger partial charge in [-0.2, -0.15) is 0 Å². The van der Waals surface area contributed by atoms with Gasteiger partial charge < -0.3 is 9.88 Å². The van der Waals surface area contributed by atoms with Crippen molar-refractivity contribution in [2.24, 2.45) is 0 Å². The minimum absolute atomic E-state index is 0.180. The number of aromatic nitrogens is 1. The number of hydrogen-bond acceptors (Lipinski definition) is 2. The lowest BCUT2D eigenvalue weighted by Crippen LogP contribution is -2.34. The van der Waals surface area contributed by atoms with Crippen LogP contribution in [0.3, 0.4) is 0 Å². The summed E-state index contributed by atoms with van der Waals surface area (Å²) >= 11 is 1.84. The van der Waals surface area contributed by atoms with Crippen LogP contribution >= 0.6 is 11.3 Å². The molecular formula is C15H22N2S. The van der Waals surface area contributed by atoms with Crippen LogP contribution in [0.25, 0.3) is 0 Å². The van der Waals surface area contributed by atoms with Crippen molar-refractivity contribution in [2.45, 2.75) is 45.8 Å². The molecule has 18 heavy (non-hydrogen) atoms. The van der Waals surface area contributed by atoms with Gasteiger partial charge in [0.15, 0.2) is 0 Å². The largest absolute Gasteiger partial charge is 0.354 e. The SMILES string of the molecule is CC(C)(C)NCc1ccn(CCc2cccs2)c1. The molecule has 0 unspecified atom stereocenters. The first-order valence-electron chi connectivity index (χ1n) is 6.45. The monoisotopic (exact) mass is 262 g/mol. The van der Waals surface area contributed by atoms with Crippen molar-refractivity contribution in [2.75, 3.05) is 0 Å². The van der Waals surface area contributed by atoms with Gasteiger partial charge in [-0.05, 0) is 50.3 Å². The van der Waals surface area contributed by atoms with Gasteiger partial charge in [0, 0.05) is 35.9 Å². The number of hydrogen-bond donors (Lipinski definition) is 1. The van der Waals surface area contributed by atoms with Crippen molar-refractivity contribution in [3.8, 4) is 0 Å². The highest BCUT2D eigenvalue weighted by Gasteiger charge is 2.08. The predicted octanol–water partition coefficient (Wildman–Crippen LogP) is 3.68. The predicted molar refractivity (Wildman–Crippen MR) is 79.0 cm³/mol. The molecule has 0 saturated carbocycles. The summed E-state index contributed by atoms with van der Waals surface area (Å²) in [5.41, 5.74) is 1.54. The van der Waals surface area contributed by atoms with Gasteiger partial charge in [-0.25, -0.2) is 0 Å². The van der Waals surface area contributed by atoms with Crippen molar-refractivity contribution in [3.05, 3.63) is 46.4 Å². The maximum absolute atomic E-state index is 3.51. The minimum atomic E-state index is 0.180. The fourth-order valence-electron chi connectivity index (χ4n) is 1.80. The Morgan fingerprint density at radius 1 is 1.28 bits per heavy atom. The van der Waals surface area contributed by atoms with E-state index in [0.29, 0.717) is 0 Å². The molecule has 0 atom stereocenters. The van der Waals surface area contributed by atoms with Crippen LogP contribution in [0.5, 0.6) is 0 Å². The van der Waals surface area contributed by atoms with Crippen molar-refractivity contribution in [1.82, 2.24) is 9.88 Å². The number of aryl methyl sites for hydroxylation is 2. The van der Waals surface area contributed by atoms with Crippen LogP contribution in [-0.2, 0) is 19.5 Å². The van der Waals surface area contributed by atoms with Crippen LogP contribution in [0.2, 0.25) is 0 Å². The summed E-state index contributed by atoms with van der Waals surface area (Å²) in [5.74, 6) is 0. The Balaban J connectivity index is 1.82. The minimum Gasteiger partial charge on any atom is -0.354 e. The molecule has 0 spiro atoms. The van der Waals surface area contributed by atoms with Gasteiger partial charge in [0.2, 0.25) is 0 Å². The van der Waals surface area contributed by atoms with Gasteiger partial charge in [0.25, 0.3) is 0 Å². The molecule has 1 N–H and O–H groups in total. The lowest BCUT2D eigenvalue weighted by atomic mass is 10.1. The van der Waals surface area contributed by atoms with E-state index in [4.69, 9.17) is 0 Å². The first-order valence-corrected chi connectivity index (χ1v) is 7.33. The molecular weight excluding hydrogens is 240 g/mol. The van der Waals surface area contributed by atoms with E-state index in [2.05, 4.69) is 66.6 Å². The Labute approximate surface area is 114 Å². The number of nitrogens with zero attached hydrogens (tertiary/aromatic N) is 1. The molecule has 2 rings (SSSR count). The highest BCUT2D eigenvalue weighted by molar-refractivity contribution is 7.09. The second-order valence-electron chi connectivity index (χ2n) is 5.69. The lowest BCUT2D eigenvalue weighted by molar-refractivity contribution is 0.424. The van der Waals surface area contributed by atoms with Crippen LogP contribution in [0.1, 0.15) is 31.2 Å². The summed E-state index contributed by atoms with van der Waals surface area (Å²) in [6, 6.07) is 6.53. The van der Waals surface area contributed by atoms with Gasteiger partial charge in [0.05, 0.1) is 0 Å². The highest BCUT2D eigenvalue weighted by Crippen LogP contribution is 2.11. The fraction of sp³-hybridized carbons (Fsp3) is 0.467. The Hall–Kier alpha value is -1.06. The second kappa shape index (κ2) is 5.72. The molecule has 0 amide bonds. The molecule has 0 aliphatic heterocycles. The van der Waals surface area contributed by atoms with Crippen LogP contribution < -0.4 is 5.32 Å². The second-order valence-corrected chi connectivity index (χ2v) is 6.72. The third-order valence-corrected chi connectivity index (χ3v) is 3.77. The molecule has 0 fully saturated rings. The summed E-state index contributed by atoms with van der Waals surface area (Å²) in [6.45, 7) is 8.59. The topological polar surface area (TPSA) is 17.0 Å². The smallest absolute Gasteiger partial charge is 0.0268 e. The number of nitrogens with one attached hydrogen (secondary N) is 1. The highest BCUT2D eigenvalue weighted by atomic mass is 32.1. The molecule has 2 nitrogen and oxygen atoms in total. The number of rotatable bonds is 5. The standard InChI is InChI=1S/C15H22N2S/c1-15(2,3)16-11-13-6-8-17(12-13)9-7-14-5-4-10-18-14/h4-6,8,10,12,16H,7,9,11H2,1-3H3. The zero-order valence-electron chi connectivity index (χ0n) is 11.4. The molecule has 0 radical (unpaired) electrons. The first-order chi connectivity index (χ1) is 8.53. The molecule has 0 aromatic carbocycles. The molecule has 0 aliphatic carbocycles. The normalized spacial score (nSPS) is 11.9. The van der Waals surface area contributed by atoms with E-state index in [0.717, 1.165) is 19.5 Å². The van der Waals surface area contributed by atoms with Crippen LogP contribution in [0, 0.1) is 0 Å². The van der Waals surface area contributed by atoms with E-state index in [1.165, 1.54) is 10.4 Å². The van der Waals surface area contributed by atoms with Gasteiger partial charge in [-0.1, -0.05) is 6.07 Å². The molecule has 2 heterocycles. The van der Waals surface area contributed by atoms with E-state index in [1.807, 2.05) is 11.3 Å². The Morgan fingerprint density at radius 3 is 2.78 bits per heavy atom. The third kappa shape index (κ3) is 4.31. The van der Waals surface area contributed by atoms with Gasteiger partial charge in [-0.3, -0.25) is 0 Å². The summed E-state index contributed by atoms with van der Waals surface area (Å²) in [5, 5.41) is 5.65. The molecule has 3 heteroatoms. The quantitative estimate of drug-likeness (QED) is 0.870. The fourth-order valence-corrected chi connectivity index (χ4v) is 2.49. The van der Waals surface area contributed by atoms with Crippen LogP contribution in [0.15, 0.2) is 36.0 Å². The molecule has 2 aromatic heterocycles. The van der Waals surface area contributed by atoms with E-state index in [1.54, 1.807) is 0 Å². The number of thiophene rings is 1. The Kier molecular flexibility index (Phi) is 4.25. The zero-order chi connectivity index (χ0) is 13.0. The zero-order valence-corrected chi connectivity index (χ0v) is 12.3. The van der Waals surface area contributed by atoms with Crippen molar-refractivity contribution >= 4 is 11.3 Å². The lowest BCUT2D eigenvalue weighted by Gasteiger charge is -2.19. The Bertz CT molecular complexity index is 463. The van der Waals surface area contributed by atoms with E-state index < -0.39 is 0 Å². The van der Waals surface area contributed by atoms with Crippen molar-refractivity contribution < 1.29 is 0 Å². The van der Waals surface area contributed by atoms with E-state index in [-0.39, 0.29) is 5.54 Å². The third-order valence-electron chi connectivity index (χ3n) is 2.83. The summed E-state index contributed by atoms with van der Waals surface area (Å²) in [7, 11) is 0. The van der Waals surface area contributed by atoms with Crippen molar-refractivity contribution in [1.29, 1.82) is 0 Å². The summed E-state index contributed by atoms with van der Waals surface area (Å²) < 4.78 is 2.28. The molecule has 0 bridgehead atoms. The van der Waals surface area contributed by atoms with Crippen LogP contribution in [-0.4, -0.2) is 10.1 Å². The average Bonchev–Trinajstić information content (AvgIpc) is 2.94. The molecule has 2 aromatic rings. The van der Waals surface area contributed by atoms with Crippen LogP contribution in [0.4, 0.5) is 0 Å². The van der Waals surface area contributed by atoms with Gasteiger partial charge >= 0.3 is 0 Å². The summed E-state index contributed by atoms with van der Waals surface area (Å²) in [6.07, 6.45) is 5.54. The molecule has 0 saturated heterocycles. The maximum atomic E-state index is 3.51. The summed E-state index contributed by atoms with van der Waals surface area (Å²) in [4.78, 5) is 1.46. The molecule has 98 valence electrons. The first kappa shape index (κ1) is 13.4. The maximum Gasteiger partial charge on any atom is 0.0268 e. The molecule has 0 aliphatic rings. The average molecular weight is 262 g/mol. The van der Waals surface area contributed by atoms with Crippen molar-refractivity contribution in [3.63, 3.8) is 0 Å². The van der Waals surface area contributed by atoms with Gasteiger partial charge in [-0.15, -0.1) is 11.3 Å². The van der Waals surface area contributed by atoms with E-state index in [9.17, 15) is 0 Å². The Morgan fingerprint density at radius 2 is 2.11 bits per heavy atom.